The molecular weight excluding hydrogens is 358 g/mol. The molecular formula is C21H25N3O4. The highest BCUT2D eigenvalue weighted by molar-refractivity contribution is 6.08. The molecule has 0 aliphatic rings. The number of allylic oxidation sites excluding steroid dienone is 1. The second-order valence-corrected chi connectivity index (χ2v) is 6.27. The molecule has 1 aromatic heterocycles. The summed E-state index contributed by atoms with van der Waals surface area (Å²) in [5.41, 5.74) is 3.06. The minimum Gasteiger partial charge on any atom is -0.461 e. The largest absolute Gasteiger partial charge is 0.461 e. The van der Waals surface area contributed by atoms with Crippen molar-refractivity contribution in [1.82, 2.24) is 4.57 Å². The molecule has 7 heteroatoms. The number of benzene rings is 1. The lowest BCUT2D eigenvalue weighted by molar-refractivity contribution is -0.114. The molecule has 0 aliphatic carbocycles. The summed E-state index contributed by atoms with van der Waals surface area (Å²) in [6.07, 6.45) is 1.66. The Morgan fingerprint density at radius 3 is 2.39 bits per heavy atom. The zero-order valence-corrected chi connectivity index (χ0v) is 16.6. The molecule has 0 spiro atoms. The molecule has 2 amide bonds. The van der Waals surface area contributed by atoms with Gasteiger partial charge in [0, 0.05) is 30.5 Å². The van der Waals surface area contributed by atoms with Crippen LogP contribution in [0.4, 0.5) is 11.4 Å². The van der Waals surface area contributed by atoms with E-state index in [2.05, 4.69) is 17.2 Å². The first-order chi connectivity index (χ1) is 13.3. The third-order valence-corrected chi connectivity index (χ3v) is 4.22. The van der Waals surface area contributed by atoms with Crippen LogP contribution in [-0.4, -0.2) is 29.0 Å². The number of carbonyl (C=O) groups excluding carboxylic acids is 3. The Labute approximate surface area is 164 Å². The van der Waals surface area contributed by atoms with Gasteiger partial charge in [0.15, 0.2) is 0 Å². The number of esters is 1. The van der Waals surface area contributed by atoms with Crippen LogP contribution in [0.25, 0.3) is 0 Å². The van der Waals surface area contributed by atoms with Crippen molar-refractivity contribution in [3.8, 4) is 0 Å². The monoisotopic (exact) mass is 383 g/mol. The molecule has 2 rings (SSSR count). The van der Waals surface area contributed by atoms with Crippen molar-refractivity contribution < 1.29 is 19.1 Å². The first kappa shape index (κ1) is 21.0. The van der Waals surface area contributed by atoms with Crippen LogP contribution < -0.4 is 10.6 Å². The van der Waals surface area contributed by atoms with E-state index in [1.165, 1.54) is 6.92 Å². The molecule has 28 heavy (non-hydrogen) atoms. The summed E-state index contributed by atoms with van der Waals surface area (Å²) < 4.78 is 6.87. The Bertz CT molecular complexity index is 928. The van der Waals surface area contributed by atoms with Crippen LogP contribution in [0.3, 0.4) is 0 Å². The molecule has 0 fully saturated rings. The first-order valence-electron chi connectivity index (χ1n) is 8.96. The normalized spacial score (nSPS) is 10.3. The number of rotatable bonds is 7. The van der Waals surface area contributed by atoms with E-state index in [1.807, 2.05) is 0 Å². The number of nitrogens with zero attached hydrogens (tertiary/aromatic N) is 1. The fourth-order valence-corrected chi connectivity index (χ4v) is 3.12. The molecule has 0 radical (unpaired) electrons. The highest BCUT2D eigenvalue weighted by Gasteiger charge is 2.26. The molecule has 0 saturated carbocycles. The summed E-state index contributed by atoms with van der Waals surface area (Å²) in [5.74, 6) is -1.02. The maximum atomic E-state index is 12.9. The van der Waals surface area contributed by atoms with Crippen molar-refractivity contribution in [3.63, 3.8) is 0 Å². The summed E-state index contributed by atoms with van der Waals surface area (Å²) in [7, 11) is 0. The lowest BCUT2D eigenvalue weighted by Gasteiger charge is -2.09. The number of hydrogen-bond donors (Lipinski definition) is 2. The molecule has 1 aromatic carbocycles. The fraction of sp³-hybridized carbons (Fsp3) is 0.286. The quantitative estimate of drug-likeness (QED) is 0.564. The van der Waals surface area contributed by atoms with E-state index in [-0.39, 0.29) is 18.4 Å². The Kier molecular flexibility index (Phi) is 6.76. The number of aromatic nitrogens is 1. The molecule has 0 aliphatic heterocycles. The number of anilines is 2. The van der Waals surface area contributed by atoms with Crippen molar-refractivity contribution in [2.75, 3.05) is 17.2 Å². The fourth-order valence-electron chi connectivity index (χ4n) is 3.12. The minimum atomic E-state index is -0.475. The van der Waals surface area contributed by atoms with Gasteiger partial charge in [0.2, 0.25) is 5.91 Å². The molecule has 0 unspecified atom stereocenters. The number of ether oxygens (including phenoxy) is 1. The van der Waals surface area contributed by atoms with Gasteiger partial charge in [0.05, 0.1) is 12.2 Å². The van der Waals surface area contributed by atoms with Crippen molar-refractivity contribution >= 4 is 29.2 Å². The van der Waals surface area contributed by atoms with E-state index in [9.17, 15) is 14.4 Å². The Balaban J connectivity index is 2.40. The van der Waals surface area contributed by atoms with Crippen LogP contribution in [0.1, 0.15) is 46.0 Å². The SMILES string of the molecule is C=CCn1c(C)c(C(=O)Nc2cccc(NC(C)=O)c2)c(C)c1C(=O)OCC. The van der Waals surface area contributed by atoms with Gasteiger partial charge in [-0.15, -0.1) is 6.58 Å². The van der Waals surface area contributed by atoms with Crippen molar-refractivity contribution in [2.24, 2.45) is 0 Å². The molecule has 1 heterocycles. The van der Waals surface area contributed by atoms with E-state index >= 15 is 0 Å². The third kappa shape index (κ3) is 4.49. The van der Waals surface area contributed by atoms with Gasteiger partial charge in [-0.05, 0) is 44.5 Å². The van der Waals surface area contributed by atoms with E-state index < -0.39 is 5.97 Å². The minimum absolute atomic E-state index is 0.198. The van der Waals surface area contributed by atoms with E-state index in [0.29, 0.717) is 40.4 Å². The van der Waals surface area contributed by atoms with Gasteiger partial charge in [0.1, 0.15) is 5.69 Å². The number of hydrogen-bond acceptors (Lipinski definition) is 4. The number of nitrogens with one attached hydrogen (secondary N) is 2. The summed E-state index contributed by atoms with van der Waals surface area (Å²) in [6.45, 7) is 11.0. The lowest BCUT2D eigenvalue weighted by Crippen LogP contribution is -2.14. The van der Waals surface area contributed by atoms with E-state index in [0.717, 1.165) is 0 Å². The van der Waals surface area contributed by atoms with Gasteiger partial charge in [-0.2, -0.15) is 0 Å². The van der Waals surface area contributed by atoms with Gasteiger partial charge >= 0.3 is 5.97 Å². The molecule has 2 aromatic rings. The summed E-state index contributed by atoms with van der Waals surface area (Å²) in [4.78, 5) is 36.6. The summed E-state index contributed by atoms with van der Waals surface area (Å²) >= 11 is 0. The molecule has 7 nitrogen and oxygen atoms in total. The van der Waals surface area contributed by atoms with Crippen LogP contribution in [0, 0.1) is 13.8 Å². The maximum Gasteiger partial charge on any atom is 0.355 e. The van der Waals surface area contributed by atoms with Crippen molar-refractivity contribution in [2.45, 2.75) is 34.2 Å². The van der Waals surface area contributed by atoms with Gasteiger partial charge in [-0.1, -0.05) is 12.1 Å². The molecule has 0 bridgehead atoms. The highest BCUT2D eigenvalue weighted by atomic mass is 16.5. The van der Waals surface area contributed by atoms with Crippen LogP contribution in [0.15, 0.2) is 36.9 Å². The zero-order chi connectivity index (χ0) is 20.8. The predicted molar refractivity (Wildman–Crippen MR) is 109 cm³/mol. The van der Waals surface area contributed by atoms with E-state index in [1.54, 1.807) is 55.7 Å². The molecule has 148 valence electrons. The molecule has 2 N–H and O–H groups in total. The maximum absolute atomic E-state index is 12.9. The van der Waals surface area contributed by atoms with Crippen LogP contribution in [0.5, 0.6) is 0 Å². The Morgan fingerprint density at radius 2 is 1.82 bits per heavy atom. The Hall–Kier alpha value is -3.35. The van der Waals surface area contributed by atoms with Gasteiger partial charge in [0.25, 0.3) is 5.91 Å². The van der Waals surface area contributed by atoms with Gasteiger partial charge < -0.3 is 19.9 Å². The number of carbonyl (C=O) groups is 3. The summed E-state index contributed by atoms with van der Waals surface area (Å²) in [5, 5.41) is 5.50. The van der Waals surface area contributed by atoms with Crippen molar-refractivity contribution in [1.29, 1.82) is 0 Å². The first-order valence-corrected chi connectivity index (χ1v) is 8.96. The Morgan fingerprint density at radius 1 is 1.18 bits per heavy atom. The van der Waals surface area contributed by atoms with Gasteiger partial charge in [-0.25, -0.2) is 4.79 Å². The highest BCUT2D eigenvalue weighted by Crippen LogP contribution is 2.25. The molecule has 0 atom stereocenters. The third-order valence-electron chi connectivity index (χ3n) is 4.22. The summed E-state index contributed by atoms with van der Waals surface area (Å²) in [6, 6.07) is 6.85. The van der Waals surface area contributed by atoms with Crippen LogP contribution in [-0.2, 0) is 16.1 Å². The second-order valence-electron chi connectivity index (χ2n) is 6.27. The van der Waals surface area contributed by atoms with Crippen LogP contribution in [0.2, 0.25) is 0 Å². The van der Waals surface area contributed by atoms with Crippen molar-refractivity contribution in [3.05, 3.63) is 59.4 Å². The van der Waals surface area contributed by atoms with Crippen LogP contribution >= 0.6 is 0 Å². The molecule has 0 saturated heterocycles. The lowest BCUT2D eigenvalue weighted by atomic mass is 10.1. The average Bonchev–Trinajstić information content (AvgIpc) is 2.85. The smallest absolute Gasteiger partial charge is 0.355 e. The topological polar surface area (TPSA) is 89.4 Å². The predicted octanol–water partition coefficient (Wildman–Crippen LogP) is 3.68. The van der Waals surface area contributed by atoms with Gasteiger partial charge in [-0.3, -0.25) is 9.59 Å². The van der Waals surface area contributed by atoms with E-state index in [4.69, 9.17) is 4.74 Å². The standard InChI is InChI=1S/C21H25N3O4/c1-6-11-24-14(4)18(13(3)19(24)21(27)28-7-2)20(26)23-17-10-8-9-16(12-17)22-15(5)25/h6,8-10,12H,1,7,11H2,2-5H3,(H,22,25)(H,23,26). The second kappa shape index (κ2) is 9.03. The number of amides is 2. The zero-order valence-electron chi connectivity index (χ0n) is 16.6. The average molecular weight is 383 g/mol.